The van der Waals surface area contributed by atoms with E-state index < -0.39 is 0 Å². The summed E-state index contributed by atoms with van der Waals surface area (Å²) in [5.41, 5.74) is 2.19. The van der Waals surface area contributed by atoms with Gasteiger partial charge in [-0.2, -0.15) is 0 Å². The summed E-state index contributed by atoms with van der Waals surface area (Å²) in [6.07, 6.45) is 3.92. The van der Waals surface area contributed by atoms with Crippen LogP contribution in [0.15, 0.2) is 70.7 Å². The lowest BCUT2D eigenvalue weighted by Crippen LogP contribution is -2.19. The van der Waals surface area contributed by atoms with Gasteiger partial charge in [0.2, 0.25) is 0 Å². The van der Waals surface area contributed by atoms with E-state index in [0.29, 0.717) is 13.2 Å². The van der Waals surface area contributed by atoms with E-state index >= 15 is 0 Å². The Labute approximate surface area is 165 Å². The Hall–Kier alpha value is -3.28. The molecular weight excluding hydrogens is 352 g/mol. The van der Waals surface area contributed by atoms with Gasteiger partial charge in [0.1, 0.15) is 36.4 Å². The van der Waals surface area contributed by atoms with Crippen LogP contribution in [0.2, 0.25) is 0 Å². The number of nitrogens with one attached hydrogen (secondary N) is 2. The molecule has 2 aliphatic rings. The number of hydrogen-bond donors (Lipinski definition) is 2. The van der Waals surface area contributed by atoms with Gasteiger partial charge in [-0.25, -0.2) is 0 Å². The first-order valence-corrected chi connectivity index (χ1v) is 9.56. The number of aliphatic imine (C=N–C) groups is 2. The molecule has 0 fully saturated rings. The summed E-state index contributed by atoms with van der Waals surface area (Å²) in [5, 5.41) is 6.53. The van der Waals surface area contributed by atoms with Gasteiger partial charge in [0.25, 0.3) is 0 Å². The monoisotopic (exact) mass is 376 g/mol. The van der Waals surface area contributed by atoms with Crippen molar-refractivity contribution >= 4 is 11.7 Å². The molecule has 0 spiro atoms. The van der Waals surface area contributed by atoms with Gasteiger partial charge in [-0.1, -0.05) is 0 Å². The van der Waals surface area contributed by atoms with Crippen LogP contribution in [0.4, 0.5) is 0 Å². The second kappa shape index (κ2) is 9.08. The minimum absolute atomic E-state index is 0.506. The molecule has 0 saturated carbocycles. The lowest BCUT2D eigenvalue weighted by atomic mass is 10.2. The van der Waals surface area contributed by atoms with Crippen molar-refractivity contribution in [3.05, 3.63) is 71.8 Å². The minimum Gasteiger partial charge on any atom is -0.490 e. The van der Waals surface area contributed by atoms with Gasteiger partial charge < -0.3 is 20.1 Å². The third kappa shape index (κ3) is 4.71. The van der Waals surface area contributed by atoms with Crippen LogP contribution in [0, 0.1) is 0 Å². The van der Waals surface area contributed by atoms with Crippen molar-refractivity contribution in [2.75, 3.05) is 39.4 Å². The highest BCUT2D eigenvalue weighted by Gasteiger charge is 2.08. The zero-order valence-corrected chi connectivity index (χ0v) is 15.7. The van der Waals surface area contributed by atoms with E-state index in [0.717, 1.165) is 60.5 Å². The topological polar surface area (TPSA) is 67.2 Å². The molecule has 2 aromatic rings. The van der Waals surface area contributed by atoms with Gasteiger partial charge >= 0.3 is 0 Å². The Morgan fingerprint density at radius 2 is 1.11 bits per heavy atom. The van der Waals surface area contributed by atoms with Crippen molar-refractivity contribution in [3.8, 4) is 11.5 Å². The first-order chi connectivity index (χ1) is 13.9. The van der Waals surface area contributed by atoms with Crippen molar-refractivity contribution < 1.29 is 9.47 Å². The molecule has 6 nitrogen and oxygen atoms in total. The van der Waals surface area contributed by atoms with Crippen LogP contribution in [0.5, 0.6) is 11.5 Å². The van der Waals surface area contributed by atoms with Crippen LogP contribution in [0.3, 0.4) is 0 Å². The third-order valence-electron chi connectivity index (χ3n) is 4.46. The van der Waals surface area contributed by atoms with Gasteiger partial charge in [0.05, 0.1) is 13.1 Å². The van der Waals surface area contributed by atoms with Gasteiger partial charge in [0, 0.05) is 24.2 Å². The molecule has 0 bridgehead atoms. The second-order valence-corrected chi connectivity index (χ2v) is 6.46. The Morgan fingerprint density at radius 1 is 0.679 bits per heavy atom. The summed E-state index contributed by atoms with van der Waals surface area (Å²) in [4.78, 5) is 8.82. The van der Waals surface area contributed by atoms with E-state index in [1.165, 1.54) is 0 Å². The molecule has 6 heteroatoms. The predicted octanol–water partition coefficient (Wildman–Crippen LogP) is 2.40. The summed E-state index contributed by atoms with van der Waals surface area (Å²) in [5.74, 6) is 3.60. The average molecular weight is 376 g/mol. The first kappa shape index (κ1) is 18.1. The van der Waals surface area contributed by atoms with E-state index in [1.807, 2.05) is 60.7 Å². The lowest BCUT2D eigenvalue weighted by Gasteiger charge is -2.07. The highest BCUT2D eigenvalue weighted by atomic mass is 16.5. The zero-order valence-electron chi connectivity index (χ0n) is 15.7. The Balaban J connectivity index is 1.17. The molecule has 2 aliphatic heterocycles. The van der Waals surface area contributed by atoms with Crippen molar-refractivity contribution in [2.45, 2.75) is 0 Å². The number of benzene rings is 2. The van der Waals surface area contributed by atoms with E-state index in [4.69, 9.17) is 9.47 Å². The number of ether oxygens (including phenoxy) is 2. The maximum atomic E-state index is 5.73. The Bertz CT molecular complexity index is 797. The number of nitrogens with zero attached hydrogens (tertiary/aromatic N) is 2. The van der Waals surface area contributed by atoms with Crippen LogP contribution >= 0.6 is 0 Å². The lowest BCUT2D eigenvalue weighted by molar-refractivity contribution is 0.350. The highest BCUT2D eigenvalue weighted by Crippen LogP contribution is 2.14. The molecule has 0 atom stereocenters. The van der Waals surface area contributed by atoms with Gasteiger partial charge in [-0.05, 0) is 60.7 Å². The number of hydrogen-bond acceptors (Lipinski definition) is 6. The molecule has 0 saturated heterocycles. The summed E-state index contributed by atoms with van der Waals surface area (Å²) in [6, 6.07) is 16.0. The molecule has 144 valence electrons. The smallest absolute Gasteiger partial charge is 0.128 e. The zero-order chi connectivity index (χ0) is 19.0. The summed E-state index contributed by atoms with van der Waals surface area (Å²) < 4.78 is 11.5. The second-order valence-electron chi connectivity index (χ2n) is 6.46. The maximum Gasteiger partial charge on any atom is 0.128 e. The minimum atomic E-state index is 0.506. The Kier molecular flexibility index (Phi) is 5.87. The molecule has 4 rings (SSSR count). The molecule has 0 radical (unpaired) electrons. The third-order valence-corrected chi connectivity index (χ3v) is 4.46. The SMILES string of the molecule is C(=C/COc1ccc(C2=NCCN2)cc1)/COc1ccc(C2=NCCN2)cc1. The first-order valence-electron chi connectivity index (χ1n) is 9.56. The molecule has 2 heterocycles. The van der Waals surface area contributed by atoms with Crippen LogP contribution in [-0.2, 0) is 0 Å². The van der Waals surface area contributed by atoms with E-state index in [2.05, 4.69) is 20.6 Å². The molecule has 0 amide bonds. The van der Waals surface area contributed by atoms with Gasteiger partial charge in [-0.3, -0.25) is 9.98 Å². The normalized spacial score (nSPS) is 15.7. The molecule has 2 aromatic carbocycles. The molecular formula is C22H24N4O2. The van der Waals surface area contributed by atoms with E-state index in [9.17, 15) is 0 Å². The van der Waals surface area contributed by atoms with Crippen molar-refractivity contribution in [2.24, 2.45) is 9.98 Å². The van der Waals surface area contributed by atoms with E-state index in [1.54, 1.807) is 0 Å². The number of rotatable bonds is 8. The average Bonchev–Trinajstić information content (AvgIpc) is 3.46. The standard InChI is InChI=1S/C22H24N4O2/c1(15-27-19-7-3-17(4-8-19)21-23-11-12-24-21)2-16-28-20-9-5-18(6-10-20)22-25-13-14-26-22/h1-10H,11-16H2,(H,23,24)(H,25,26)/b2-1-. The fourth-order valence-electron chi connectivity index (χ4n) is 3.03. The highest BCUT2D eigenvalue weighted by molar-refractivity contribution is 6.00. The van der Waals surface area contributed by atoms with Crippen LogP contribution in [0.1, 0.15) is 11.1 Å². The molecule has 28 heavy (non-hydrogen) atoms. The van der Waals surface area contributed by atoms with Crippen molar-refractivity contribution in [1.29, 1.82) is 0 Å². The van der Waals surface area contributed by atoms with Gasteiger partial charge in [-0.15, -0.1) is 0 Å². The fraction of sp³-hybridized carbons (Fsp3) is 0.273. The molecule has 2 N–H and O–H groups in total. The summed E-state index contributed by atoms with van der Waals surface area (Å²) >= 11 is 0. The molecule has 0 aromatic heterocycles. The Morgan fingerprint density at radius 3 is 1.46 bits per heavy atom. The fourth-order valence-corrected chi connectivity index (χ4v) is 3.03. The van der Waals surface area contributed by atoms with Crippen LogP contribution in [0.25, 0.3) is 0 Å². The van der Waals surface area contributed by atoms with E-state index in [-0.39, 0.29) is 0 Å². The van der Waals surface area contributed by atoms with Crippen LogP contribution in [-0.4, -0.2) is 51.1 Å². The van der Waals surface area contributed by atoms with Gasteiger partial charge in [0.15, 0.2) is 0 Å². The van der Waals surface area contributed by atoms with Crippen molar-refractivity contribution in [1.82, 2.24) is 10.6 Å². The maximum absolute atomic E-state index is 5.73. The van der Waals surface area contributed by atoms with Crippen LogP contribution < -0.4 is 20.1 Å². The summed E-state index contributed by atoms with van der Waals surface area (Å²) in [7, 11) is 0. The summed E-state index contributed by atoms with van der Waals surface area (Å²) in [6.45, 7) is 4.53. The molecule has 0 unspecified atom stereocenters. The number of amidine groups is 2. The quantitative estimate of drug-likeness (QED) is 0.695. The van der Waals surface area contributed by atoms with Crippen molar-refractivity contribution in [3.63, 3.8) is 0 Å². The molecule has 0 aliphatic carbocycles. The largest absolute Gasteiger partial charge is 0.490 e. The predicted molar refractivity (Wildman–Crippen MR) is 112 cm³/mol.